The van der Waals surface area contributed by atoms with Gasteiger partial charge in [-0.15, -0.1) is 0 Å². The Balaban J connectivity index is 2.79. The summed E-state index contributed by atoms with van der Waals surface area (Å²) >= 11 is 0. The largest absolute Gasteiger partial charge is 0.461 e. The topological polar surface area (TPSA) is 185 Å². The van der Waals surface area contributed by atoms with E-state index in [0.29, 0.717) is 13.2 Å². The molecule has 0 spiro atoms. The molecule has 0 radical (unpaired) electrons. The fraction of sp³-hybridized carbons (Fsp3) is 0.476. The van der Waals surface area contributed by atoms with Gasteiger partial charge in [0.15, 0.2) is 28.7 Å². The van der Waals surface area contributed by atoms with Gasteiger partial charge in [-0.2, -0.15) is 0 Å². The predicted octanol–water partition coefficient (Wildman–Crippen LogP) is -1.49. The van der Waals surface area contributed by atoms with Crippen molar-refractivity contribution >= 4 is 29.4 Å². The highest BCUT2D eigenvalue weighted by atomic mass is 16.7. The van der Waals surface area contributed by atoms with Gasteiger partial charge in [-0.05, 0) is 52.0 Å². The Morgan fingerprint density at radius 3 is 1.81 bits per heavy atom. The number of ketones is 4. The molecule has 1 heterocycles. The van der Waals surface area contributed by atoms with Crippen LogP contribution in [-0.4, -0.2) is 85.1 Å². The van der Waals surface area contributed by atoms with Crippen LogP contribution in [0.15, 0.2) is 24.3 Å². The summed E-state index contributed by atoms with van der Waals surface area (Å²) < 4.78 is 10.8. The molecule has 32 heavy (non-hydrogen) atoms. The molecule has 0 bridgehead atoms. The number of Topliss-reactive ketones (excluding diaryl/α,β-unsaturated/α-hetero) is 4. The van der Waals surface area contributed by atoms with Crippen LogP contribution in [-0.2, 0) is 23.9 Å². The molecule has 1 aromatic rings. The van der Waals surface area contributed by atoms with Crippen LogP contribution in [0.1, 0.15) is 38.1 Å². The summed E-state index contributed by atoms with van der Waals surface area (Å²) in [7, 11) is 0. The molecule has 1 aliphatic rings. The van der Waals surface area contributed by atoms with Crippen molar-refractivity contribution in [3.8, 4) is 5.75 Å². The number of carbonyl (C=O) groups is 5. The summed E-state index contributed by atoms with van der Waals surface area (Å²) in [5, 5.41) is 44.1. The van der Waals surface area contributed by atoms with Crippen molar-refractivity contribution in [2.75, 3.05) is 0 Å². The van der Waals surface area contributed by atoms with E-state index in [-0.39, 0.29) is 11.3 Å². The molecule has 0 aromatic heterocycles. The SMILES string of the molecule is CC(=O)C(O)[C@H]1O[C@@H](Oc2ccc(C=O)cc2)[C@@](O)(C(C)=O)[C@](O)(C(C)=O)[C@@]1(O)C(C)=O. The molecule has 1 aliphatic heterocycles. The van der Waals surface area contributed by atoms with Gasteiger partial charge in [-0.1, -0.05) is 0 Å². The van der Waals surface area contributed by atoms with Crippen molar-refractivity contribution < 1.29 is 53.9 Å². The Bertz CT molecular complexity index is 955. The number of rotatable bonds is 8. The van der Waals surface area contributed by atoms with Crippen LogP contribution in [0.2, 0.25) is 0 Å². The number of hydrogen-bond donors (Lipinski definition) is 4. The van der Waals surface area contributed by atoms with Crippen LogP contribution < -0.4 is 4.74 Å². The summed E-state index contributed by atoms with van der Waals surface area (Å²) in [5.41, 5.74) is -10.1. The Labute approximate surface area is 182 Å². The van der Waals surface area contributed by atoms with Gasteiger partial charge in [0.2, 0.25) is 17.5 Å². The van der Waals surface area contributed by atoms with E-state index < -0.39 is 58.4 Å². The lowest BCUT2D eigenvalue weighted by Crippen LogP contribution is -2.87. The zero-order valence-electron chi connectivity index (χ0n) is 17.8. The Morgan fingerprint density at radius 1 is 0.938 bits per heavy atom. The third kappa shape index (κ3) is 3.48. The normalized spacial score (nSPS) is 33.1. The van der Waals surface area contributed by atoms with E-state index in [0.717, 1.165) is 20.8 Å². The molecule has 1 fully saturated rings. The Morgan fingerprint density at radius 2 is 1.44 bits per heavy atom. The van der Waals surface area contributed by atoms with Crippen LogP contribution in [0, 0.1) is 0 Å². The highest BCUT2D eigenvalue weighted by molar-refractivity contribution is 6.05. The van der Waals surface area contributed by atoms with Gasteiger partial charge >= 0.3 is 0 Å². The zero-order chi connectivity index (χ0) is 24.6. The number of aliphatic hydroxyl groups excluding tert-OH is 1. The lowest BCUT2D eigenvalue weighted by atomic mass is 9.60. The van der Waals surface area contributed by atoms with Crippen molar-refractivity contribution in [2.24, 2.45) is 0 Å². The highest BCUT2D eigenvalue weighted by Crippen LogP contribution is 2.48. The van der Waals surface area contributed by atoms with Gasteiger partial charge in [0.25, 0.3) is 0 Å². The molecule has 1 saturated heterocycles. The maximum Gasteiger partial charge on any atom is 0.240 e. The number of benzene rings is 1. The van der Waals surface area contributed by atoms with Gasteiger partial charge in [-0.25, -0.2) is 0 Å². The first-order chi connectivity index (χ1) is 14.7. The molecule has 4 N–H and O–H groups in total. The first kappa shape index (κ1) is 25.4. The van der Waals surface area contributed by atoms with Crippen molar-refractivity contribution in [1.29, 1.82) is 0 Å². The molecule has 2 rings (SSSR count). The molecular formula is C21H24O11. The third-order valence-corrected chi connectivity index (χ3v) is 5.67. The quantitative estimate of drug-likeness (QED) is 0.337. The highest BCUT2D eigenvalue weighted by Gasteiger charge is 2.80. The van der Waals surface area contributed by atoms with E-state index in [1.807, 2.05) is 0 Å². The molecule has 0 saturated carbocycles. The molecule has 11 nitrogen and oxygen atoms in total. The standard InChI is InChI=1S/C21H24O11/c1-10(23)16(27)17-19(28,11(2)24)21(30,13(4)26)20(29,12(3)25)18(32-17)31-15-7-5-14(9-22)6-8-15/h5-9,16-18,27-30H,1-4H3/t16?,17-,18-,19-,20+,21+/m1/s1. The molecule has 11 heteroatoms. The van der Waals surface area contributed by atoms with Gasteiger partial charge in [0.1, 0.15) is 24.2 Å². The summed E-state index contributed by atoms with van der Waals surface area (Å²) in [6.45, 7) is 3.06. The fourth-order valence-electron chi connectivity index (χ4n) is 3.79. The number of hydrogen-bond acceptors (Lipinski definition) is 11. The monoisotopic (exact) mass is 452 g/mol. The van der Waals surface area contributed by atoms with Gasteiger partial charge in [-0.3, -0.25) is 24.0 Å². The Kier molecular flexibility index (Phi) is 6.84. The number of aliphatic hydroxyl groups is 4. The van der Waals surface area contributed by atoms with Crippen molar-refractivity contribution in [3.05, 3.63) is 29.8 Å². The predicted molar refractivity (Wildman–Crippen MR) is 105 cm³/mol. The number of carbonyl (C=O) groups excluding carboxylic acids is 5. The minimum atomic E-state index is -3.58. The zero-order valence-corrected chi connectivity index (χ0v) is 17.8. The van der Waals surface area contributed by atoms with E-state index in [9.17, 15) is 44.4 Å². The molecule has 174 valence electrons. The Hall–Kier alpha value is -2.83. The first-order valence-corrected chi connectivity index (χ1v) is 9.45. The summed E-state index contributed by atoms with van der Waals surface area (Å²) in [6.07, 6.45) is -6.29. The van der Waals surface area contributed by atoms with Crippen molar-refractivity contribution in [3.63, 3.8) is 0 Å². The van der Waals surface area contributed by atoms with Crippen LogP contribution in [0.25, 0.3) is 0 Å². The van der Waals surface area contributed by atoms with E-state index in [2.05, 4.69) is 0 Å². The minimum Gasteiger partial charge on any atom is -0.461 e. The second kappa shape index (κ2) is 8.60. The fourth-order valence-corrected chi connectivity index (χ4v) is 3.79. The number of aldehydes is 1. The summed E-state index contributed by atoms with van der Waals surface area (Å²) in [6, 6.07) is 5.09. The summed E-state index contributed by atoms with van der Waals surface area (Å²) in [4.78, 5) is 60.3. The maximum atomic E-state index is 12.6. The number of ether oxygens (including phenoxy) is 2. The lowest BCUT2D eigenvalue weighted by molar-refractivity contribution is -0.358. The van der Waals surface area contributed by atoms with E-state index in [4.69, 9.17) is 9.47 Å². The first-order valence-electron chi connectivity index (χ1n) is 9.45. The summed E-state index contributed by atoms with van der Waals surface area (Å²) in [5.74, 6) is -5.24. The molecule has 1 unspecified atom stereocenters. The third-order valence-electron chi connectivity index (χ3n) is 5.67. The second-order valence-electron chi connectivity index (χ2n) is 7.66. The van der Waals surface area contributed by atoms with Crippen LogP contribution in [0.5, 0.6) is 5.75 Å². The maximum absolute atomic E-state index is 12.6. The smallest absolute Gasteiger partial charge is 0.240 e. The van der Waals surface area contributed by atoms with Crippen molar-refractivity contribution in [1.82, 2.24) is 0 Å². The molecule has 0 aliphatic carbocycles. The van der Waals surface area contributed by atoms with E-state index in [1.54, 1.807) is 0 Å². The van der Waals surface area contributed by atoms with Gasteiger partial charge < -0.3 is 29.9 Å². The second-order valence-corrected chi connectivity index (χ2v) is 7.66. The molecule has 0 amide bonds. The average molecular weight is 452 g/mol. The molecular weight excluding hydrogens is 428 g/mol. The average Bonchev–Trinajstić information content (AvgIpc) is 2.73. The minimum absolute atomic E-state index is 0.115. The lowest BCUT2D eigenvalue weighted by Gasteiger charge is -2.57. The van der Waals surface area contributed by atoms with Gasteiger partial charge in [0.05, 0.1) is 0 Å². The van der Waals surface area contributed by atoms with E-state index in [1.165, 1.54) is 24.3 Å². The van der Waals surface area contributed by atoms with Gasteiger partial charge in [0, 0.05) is 5.56 Å². The molecule has 1 aromatic carbocycles. The molecule has 6 atom stereocenters. The van der Waals surface area contributed by atoms with E-state index >= 15 is 0 Å². The van der Waals surface area contributed by atoms with Crippen LogP contribution >= 0.6 is 0 Å². The van der Waals surface area contributed by atoms with Crippen LogP contribution in [0.3, 0.4) is 0 Å². The van der Waals surface area contributed by atoms with Crippen molar-refractivity contribution in [2.45, 2.75) is 63.0 Å². The van der Waals surface area contributed by atoms with Crippen LogP contribution in [0.4, 0.5) is 0 Å².